The van der Waals surface area contributed by atoms with Crippen LogP contribution in [0, 0.1) is 0 Å². The number of benzene rings is 3. The molecule has 5 nitrogen and oxygen atoms in total. The van der Waals surface area contributed by atoms with E-state index in [1.165, 1.54) is 16.3 Å². The molecule has 1 fully saturated rings. The summed E-state index contributed by atoms with van der Waals surface area (Å²) in [5.74, 6) is 0.105. The van der Waals surface area contributed by atoms with Gasteiger partial charge in [-0.25, -0.2) is 0 Å². The number of hydrogen-bond donors (Lipinski definition) is 1. The first-order chi connectivity index (χ1) is 16.7. The molecule has 34 heavy (non-hydrogen) atoms. The average Bonchev–Trinajstić information content (AvgIpc) is 2.88. The van der Waals surface area contributed by atoms with Crippen molar-refractivity contribution in [2.75, 3.05) is 26.8 Å². The summed E-state index contributed by atoms with van der Waals surface area (Å²) in [6.07, 6.45) is 4.67. The van der Waals surface area contributed by atoms with E-state index in [9.17, 15) is 4.79 Å². The van der Waals surface area contributed by atoms with Crippen LogP contribution in [0.25, 0.3) is 10.8 Å². The molecule has 1 aliphatic heterocycles. The molecule has 4 rings (SSSR count). The fourth-order valence-electron chi connectivity index (χ4n) is 4.54. The third-order valence-electron chi connectivity index (χ3n) is 6.39. The summed E-state index contributed by atoms with van der Waals surface area (Å²) in [4.78, 5) is 15.3. The van der Waals surface area contributed by atoms with Crippen LogP contribution in [0.4, 0.5) is 0 Å². The van der Waals surface area contributed by atoms with Crippen molar-refractivity contribution in [3.05, 3.63) is 83.9 Å². The van der Waals surface area contributed by atoms with Crippen LogP contribution in [-0.4, -0.2) is 49.9 Å². The van der Waals surface area contributed by atoms with E-state index in [1.807, 2.05) is 30.1 Å². The van der Waals surface area contributed by atoms with Gasteiger partial charge in [0.05, 0.1) is 12.6 Å². The summed E-state index contributed by atoms with van der Waals surface area (Å²) in [5.41, 5.74) is 2.31. The molecule has 0 aliphatic carbocycles. The molecule has 5 heteroatoms. The Bertz CT molecular complexity index is 1030. The minimum absolute atomic E-state index is 0.0705. The second kappa shape index (κ2) is 12.7. The van der Waals surface area contributed by atoms with E-state index < -0.39 is 0 Å². The zero-order valence-corrected chi connectivity index (χ0v) is 20.1. The number of amides is 1. The third-order valence-corrected chi connectivity index (χ3v) is 6.39. The Hall–Kier alpha value is -2.73. The minimum atomic E-state index is -0.301. The SMILES string of the molecule is CN(Cc1ccccc1)C(=O)[C@H](Cc1cccc2ccccc12)NCCCOC1CCCCO1. The van der Waals surface area contributed by atoms with Gasteiger partial charge in [0.15, 0.2) is 6.29 Å². The molecule has 0 spiro atoms. The van der Waals surface area contributed by atoms with E-state index in [2.05, 4.69) is 59.9 Å². The number of likely N-dealkylation sites (N-methyl/N-ethyl adjacent to an activating group) is 1. The number of carbonyl (C=O) groups is 1. The molecule has 1 aliphatic rings. The molecule has 1 amide bonds. The summed E-state index contributed by atoms with van der Waals surface area (Å²) in [6, 6.07) is 24.5. The van der Waals surface area contributed by atoms with Gasteiger partial charge in [0.2, 0.25) is 5.91 Å². The lowest BCUT2D eigenvalue weighted by Gasteiger charge is -2.26. The van der Waals surface area contributed by atoms with E-state index in [0.29, 0.717) is 26.1 Å². The van der Waals surface area contributed by atoms with Crippen LogP contribution in [0.15, 0.2) is 72.8 Å². The molecule has 1 unspecified atom stereocenters. The second-order valence-corrected chi connectivity index (χ2v) is 9.05. The van der Waals surface area contributed by atoms with Gasteiger partial charge in [-0.15, -0.1) is 0 Å². The summed E-state index contributed by atoms with van der Waals surface area (Å²) in [7, 11) is 1.89. The fourth-order valence-corrected chi connectivity index (χ4v) is 4.54. The molecule has 0 aromatic heterocycles. The summed E-state index contributed by atoms with van der Waals surface area (Å²) >= 11 is 0. The number of nitrogens with one attached hydrogen (secondary N) is 1. The average molecular weight is 461 g/mol. The molecule has 0 radical (unpaired) electrons. The maximum Gasteiger partial charge on any atom is 0.240 e. The standard InChI is InChI=1S/C29H36N2O3/c1-31(22-23-11-3-2-4-12-23)29(32)27(30-18-10-20-34-28-17-7-8-19-33-28)21-25-15-9-14-24-13-5-6-16-26(24)25/h2-6,9,11-16,27-28,30H,7-8,10,17-22H2,1H3/t27-,28?/m0/s1. The lowest BCUT2D eigenvalue weighted by Crippen LogP contribution is -2.46. The third kappa shape index (κ3) is 6.89. The van der Waals surface area contributed by atoms with Gasteiger partial charge in [0.25, 0.3) is 0 Å². The van der Waals surface area contributed by atoms with Gasteiger partial charge in [0.1, 0.15) is 0 Å². The Kier molecular flexibility index (Phi) is 9.08. The first-order valence-corrected chi connectivity index (χ1v) is 12.4. The highest BCUT2D eigenvalue weighted by Crippen LogP contribution is 2.20. The summed E-state index contributed by atoms with van der Waals surface area (Å²) < 4.78 is 11.5. The Balaban J connectivity index is 1.40. The van der Waals surface area contributed by atoms with Gasteiger partial charge in [-0.1, -0.05) is 72.8 Å². The zero-order chi connectivity index (χ0) is 23.6. The van der Waals surface area contributed by atoms with Crippen molar-refractivity contribution in [1.82, 2.24) is 10.2 Å². The minimum Gasteiger partial charge on any atom is -0.353 e. The highest BCUT2D eigenvalue weighted by molar-refractivity contribution is 5.87. The van der Waals surface area contributed by atoms with Crippen molar-refractivity contribution in [3.8, 4) is 0 Å². The summed E-state index contributed by atoms with van der Waals surface area (Å²) in [5, 5.41) is 5.93. The topological polar surface area (TPSA) is 50.8 Å². The fraction of sp³-hybridized carbons (Fsp3) is 0.414. The Labute approximate surface area is 203 Å². The van der Waals surface area contributed by atoms with Crippen molar-refractivity contribution in [2.24, 2.45) is 0 Å². The highest BCUT2D eigenvalue weighted by atomic mass is 16.7. The maximum atomic E-state index is 13.5. The normalized spacial score (nSPS) is 16.9. The van der Waals surface area contributed by atoms with Gasteiger partial charge >= 0.3 is 0 Å². The first-order valence-electron chi connectivity index (χ1n) is 12.4. The maximum absolute atomic E-state index is 13.5. The van der Waals surface area contributed by atoms with Crippen LogP contribution >= 0.6 is 0 Å². The number of hydrogen-bond acceptors (Lipinski definition) is 4. The van der Waals surface area contributed by atoms with Crippen LogP contribution in [-0.2, 0) is 27.2 Å². The van der Waals surface area contributed by atoms with Crippen molar-refractivity contribution in [1.29, 1.82) is 0 Å². The first kappa shape index (κ1) is 24.4. The van der Waals surface area contributed by atoms with Gasteiger partial charge in [-0.05, 0) is 60.5 Å². The van der Waals surface area contributed by atoms with Crippen LogP contribution in [0.3, 0.4) is 0 Å². The van der Waals surface area contributed by atoms with Crippen molar-refractivity contribution < 1.29 is 14.3 Å². The van der Waals surface area contributed by atoms with Crippen molar-refractivity contribution >= 4 is 16.7 Å². The molecule has 3 aromatic rings. The number of carbonyl (C=O) groups excluding carboxylic acids is 1. The second-order valence-electron chi connectivity index (χ2n) is 9.05. The molecule has 3 aromatic carbocycles. The smallest absolute Gasteiger partial charge is 0.240 e. The molecule has 1 N–H and O–H groups in total. The predicted molar refractivity (Wildman–Crippen MR) is 137 cm³/mol. The van der Waals surface area contributed by atoms with E-state index >= 15 is 0 Å². The van der Waals surface area contributed by atoms with Crippen LogP contribution < -0.4 is 5.32 Å². The molecule has 2 atom stereocenters. The number of rotatable bonds is 11. The zero-order valence-electron chi connectivity index (χ0n) is 20.1. The Morgan fingerprint density at radius 2 is 1.85 bits per heavy atom. The van der Waals surface area contributed by atoms with Gasteiger partial charge < -0.3 is 19.7 Å². The van der Waals surface area contributed by atoms with E-state index in [1.54, 1.807) is 0 Å². The Morgan fingerprint density at radius 3 is 2.68 bits per heavy atom. The van der Waals surface area contributed by atoms with E-state index in [0.717, 1.165) is 37.9 Å². The molecular formula is C29H36N2O3. The highest BCUT2D eigenvalue weighted by Gasteiger charge is 2.23. The van der Waals surface area contributed by atoms with Gasteiger partial charge in [-0.2, -0.15) is 0 Å². The lowest BCUT2D eigenvalue weighted by atomic mass is 9.98. The van der Waals surface area contributed by atoms with Crippen LogP contribution in [0.5, 0.6) is 0 Å². The quantitative estimate of drug-likeness (QED) is 0.412. The Morgan fingerprint density at radius 1 is 1.06 bits per heavy atom. The molecule has 1 saturated heterocycles. The van der Waals surface area contributed by atoms with E-state index in [4.69, 9.17) is 9.47 Å². The summed E-state index contributed by atoms with van der Waals surface area (Å²) in [6.45, 7) is 2.73. The molecular weight excluding hydrogens is 424 g/mol. The molecule has 0 saturated carbocycles. The van der Waals surface area contributed by atoms with Gasteiger partial charge in [0, 0.05) is 20.2 Å². The van der Waals surface area contributed by atoms with Gasteiger partial charge in [-0.3, -0.25) is 4.79 Å². The van der Waals surface area contributed by atoms with Crippen LogP contribution in [0.2, 0.25) is 0 Å². The monoisotopic (exact) mass is 460 g/mol. The molecule has 0 bridgehead atoms. The molecule has 180 valence electrons. The largest absolute Gasteiger partial charge is 0.353 e. The number of nitrogens with zero attached hydrogens (tertiary/aromatic N) is 1. The van der Waals surface area contributed by atoms with Crippen LogP contribution in [0.1, 0.15) is 36.8 Å². The number of fused-ring (bicyclic) bond motifs is 1. The van der Waals surface area contributed by atoms with Crippen molar-refractivity contribution in [2.45, 2.75) is 51.0 Å². The van der Waals surface area contributed by atoms with Crippen molar-refractivity contribution in [3.63, 3.8) is 0 Å². The molecule has 1 heterocycles. The lowest BCUT2D eigenvalue weighted by molar-refractivity contribution is -0.162. The predicted octanol–water partition coefficient (Wildman–Crippen LogP) is 4.93. The van der Waals surface area contributed by atoms with E-state index in [-0.39, 0.29) is 18.2 Å². The number of ether oxygens (including phenoxy) is 2.